The van der Waals surface area contributed by atoms with Gasteiger partial charge in [-0.1, -0.05) is 26.0 Å². The largest absolute Gasteiger partial charge is 0.490 e. The first-order chi connectivity index (χ1) is 8.24. The molecule has 0 heterocycles. The normalized spacial score (nSPS) is 15.2. The lowest BCUT2D eigenvalue weighted by molar-refractivity contribution is 0.303. The van der Waals surface area contributed by atoms with Gasteiger partial charge in [0.2, 0.25) is 0 Å². The van der Waals surface area contributed by atoms with Gasteiger partial charge in [-0.25, -0.2) is 0 Å². The van der Waals surface area contributed by atoms with Gasteiger partial charge in [-0.15, -0.1) is 0 Å². The second-order valence-corrected chi connectivity index (χ2v) is 5.18. The van der Waals surface area contributed by atoms with Crippen LogP contribution in [-0.4, -0.2) is 18.7 Å². The number of benzene rings is 1. The van der Waals surface area contributed by atoms with Crippen LogP contribution in [0.5, 0.6) is 5.75 Å². The smallest absolute Gasteiger partial charge is 0.119 e. The Morgan fingerprint density at radius 1 is 1.35 bits per heavy atom. The molecule has 2 heteroatoms. The molecule has 94 valence electrons. The summed E-state index contributed by atoms with van der Waals surface area (Å²) in [7, 11) is 0. The standard InChI is InChI=1S/C15H23NO/c1-12(2)16-10-4-6-13-5-3-7-15(11-13)17-14-8-9-14/h3,5,7,11-12,14,16H,4,6,8-10H2,1-2H3. The Morgan fingerprint density at radius 2 is 2.18 bits per heavy atom. The zero-order valence-corrected chi connectivity index (χ0v) is 10.9. The Morgan fingerprint density at radius 3 is 2.88 bits per heavy atom. The maximum absolute atomic E-state index is 5.79. The molecule has 0 bridgehead atoms. The molecular weight excluding hydrogens is 210 g/mol. The monoisotopic (exact) mass is 233 g/mol. The lowest BCUT2D eigenvalue weighted by atomic mass is 10.1. The Balaban J connectivity index is 1.75. The fraction of sp³-hybridized carbons (Fsp3) is 0.600. The van der Waals surface area contributed by atoms with Crippen LogP contribution in [0, 0.1) is 0 Å². The Hall–Kier alpha value is -1.02. The summed E-state index contributed by atoms with van der Waals surface area (Å²) in [6.45, 7) is 5.46. The summed E-state index contributed by atoms with van der Waals surface area (Å²) < 4.78 is 5.79. The number of hydrogen-bond donors (Lipinski definition) is 1. The van der Waals surface area contributed by atoms with Crippen molar-refractivity contribution in [2.24, 2.45) is 0 Å². The molecule has 1 aromatic rings. The third-order valence-corrected chi connectivity index (χ3v) is 2.92. The molecule has 1 saturated carbocycles. The van der Waals surface area contributed by atoms with Crippen LogP contribution in [0.4, 0.5) is 0 Å². The second kappa shape index (κ2) is 6.06. The van der Waals surface area contributed by atoms with Crippen LogP contribution in [0.25, 0.3) is 0 Å². The first-order valence-electron chi connectivity index (χ1n) is 6.73. The SMILES string of the molecule is CC(C)NCCCc1cccc(OC2CC2)c1. The van der Waals surface area contributed by atoms with E-state index >= 15 is 0 Å². The van der Waals surface area contributed by atoms with Crippen LogP contribution >= 0.6 is 0 Å². The van der Waals surface area contributed by atoms with Crippen molar-refractivity contribution >= 4 is 0 Å². The molecule has 0 amide bonds. The molecule has 2 rings (SSSR count). The van der Waals surface area contributed by atoms with Crippen LogP contribution in [-0.2, 0) is 6.42 Å². The Labute approximate surface area is 104 Å². The Bertz CT molecular complexity index is 345. The van der Waals surface area contributed by atoms with Crippen LogP contribution in [0.2, 0.25) is 0 Å². The lowest BCUT2D eigenvalue weighted by Gasteiger charge is -2.09. The molecule has 2 nitrogen and oxygen atoms in total. The molecule has 0 saturated heterocycles. The van der Waals surface area contributed by atoms with Crippen molar-refractivity contribution in [1.29, 1.82) is 0 Å². The van der Waals surface area contributed by atoms with Gasteiger partial charge in [-0.3, -0.25) is 0 Å². The number of rotatable bonds is 7. The van der Waals surface area contributed by atoms with Crippen molar-refractivity contribution in [2.45, 2.75) is 51.7 Å². The summed E-state index contributed by atoms with van der Waals surface area (Å²) in [4.78, 5) is 0. The molecule has 1 aliphatic carbocycles. The maximum Gasteiger partial charge on any atom is 0.119 e. The first kappa shape index (κ1) is 12.4. The van der Waals surface area contributed by atoms with E-state index in [-0.39, 0.29) is 0 Å². The van der Waals surface area contributed by atoms with E-state index in [0.29, 0.717) is 12.1 Å². The fourth-order valence-electron chi connectivity index (χ4n) is 1.84. The van der Waals surface area contributed by atoms with Crippen molar-refractivity contribution in [3.63, 3.8) is 0 Å². The zero-order valence-electron chi connectivity index (χ0n) is 10.9. The van der Waals surface area contributed by atoms with Gasteiger partial charge in [-0.05, 0) is 49.9 Å². The minimum atomic E-state index is 0.493. The summed E-state index contributed by atoms with van der Waals surface area (Å²) in [5.74, 6) is 1.04. The lowest BCUT2D eigenvalue weighted by Crippen LogP contribution is -2.23. The molecule has 0 aliphatic heterocycles. The molecule has 0 radical (unpaired) electrons. The van der Waals surface area contributed by atoms with Crippen LogP contribution in [0.3, 0.4) is 0 Å². The number of nitrogens with one attached hydrogen (secondary N) is 1. The molecule has 0 unspecified atom stereocenters. The highest BCUT2D eigenvalue weighted by Crippen LogP contribution is 2.27. The average molecular weight is 233 g/mol. The predicted octanol–water partition coefficient (Wildman–Crippen LogP) is 3.16. The van der Waals surface area contributed by atoms with Crippen LogP contribution in [0.15, 0.2) is 24.3 Å². The predicted molar refractivity (Wildman–Crippen MR) is 71.6 cm³/mol. The highest BCUT2D eigenvalue weighted by Gasteiger charge is 2.23. The molecule has 1 fully saturated rings. The van der Waals surface area contributed by atoms with Gasteiger partial charge in [-0.2, -0.15) is 0 Å². The van der Waals surface area contributed by atoms with Gasteiger partial charge < -0.3 is 10.1 Å². The van der Waals surface area contributed by atoms with Gasteiger partial charge in [0.1, 0.15) is 5.75 Å². The number of hydrogen-bond acceptors (Lipinski definition) is 2. The third-order valence-electron chi connectivity index (χ3n) is 2.92. The van der Waals surface area contributed by atoms with Crippen LogP contribution in [0.1, 0.15) is 38.7 Å². The second-order valence-electron chi connectivity index (χ2n) is 5.18. The van der Waals surface area contributed by atoms with Gasteiger partial charge in [0.25, 0.3) is 0 Å². The van der Waals surface area contributed by atoms with E-state index in [1.807, 2.05) is 0 Å². The molecule has 17 heavy (non-hydrogen) atoms. The van der Waals surface area contributed by atoms with E-state index in [2.05, 4.69) is 43.4 Å². The average Bonchev–Trinajstić information content (AvgIpc) is 3.09. The first-order valence-corrected chi connectivity index (χ1v) is 6.73. The van der Waals surface area contributed by atoms with Crippen molar-refractivity contribution < 1.29 is 4.74 Å². The number of ether oxygens (including phenoxy) is 1. The summed E-state index contributed by atoms with van der Waals surface area (Å²) >= 11 is 0. The van der Waals surface area contributed by atoms with Crippen LogP contribution < -0.4 is 10.1 Å². The molecule has 1 aromatic carbocycles. The quantitative estimate of drug-likeness (QED) is 0.730. The molecule has 1 aliphatic rings. The molecular formula is C15H23NO. The highest BCUT2D eigenvalue weighted by atomic mass is 16.5. The van der Waals surface area contributed by atoms with Gasteiger partial charge >= 0.3 is 0 Å². The summed E-state index contributed by atoms with van der Waals surface area (Å²) in [5, 5.41) is 3.44. The maximum atomic E-state index is 5.79. The minimum Gasteiger partial charge on any atom is -0.490 e. The summed E-state index contributed by atoms with van der Waals surface area (Å²) in [5.41, 5.74) is 1.38. The Kier molecular flexibility index (Phi) is 4.43. The van der Waals surface area contributed by atoms with Crippen molar-refractivity contribution in [3.8, 4) is 5.75 Å². The molecule has 0 aromatic heterocycles. The molecule has 1 N–H and O–H groups in total. The number of aryl methyl sites for hydroxylation is 1. The molecule has 0 atom stereocenters. The highest BCUT2D eigenvalue weighted by molar-refractivity contribution is 5.29. The van der Waals surface area contributed by atoms with E-state index in [1.54, 1.807) is 0 Å². The summed E-state index contributed by atoms with van der Waals surface area (Å²) in [6.07, 6.45) is 5.26. The summed E-state index contributed by atoms with van der Waals surface area (Å²) in [6, 6.07) is 9.12. The minimum absolute atomic E-state index is 0.493. The van der Waals surface area contributed by atoms with Crippen molar-refractivity contribution in [1.82, 2.24) is 5.32 Å². The van der Waals surface area contributed by atoms with Crippen molar-refractivity contribution in [3.05, 3.63) is 29.8 Å². The third kappa shape index (κ3) is 4.78. The van der Waals surface area contributed by atoms with E-state index in [4.69, 9.17) is 4.74 Å². The van der Waals surface area contributed by atoms with E-state index in [9.17, 15) is 0 Å². The zero-order chi connectivity index (χ0) is 12.1. The van der Waals surface area contributed by atoms with E-state index in [1.165, 1.54) is 24.8 Å². The van der Waals surface area contributed by atoms with Gasteiger partial charge in [0, 0.05) is 6.04 Å². The fourth-order valence-corrected chi connectivity index (χ4v) is 1.84. The molecule has 0 spiro atoms. The van der Waals surface area contributed by atoms with Gasteiger partial charge in [0.05, 0.1) is 6.10 Å². The van der Waals surface area contributed by atoms with E-state index < -0.39 is 0 Å². The van der Waals surface area contributed by atoms with E-state index in [0.717, 1.165) is 18.7 Å². The van der Waals surface area contributed by atoms with Gasteiger partial charge in [0.15, 0.2) is 0 Å². The topological polar surface area (TPSA) is 21.3 Å². The van der Waals surface area contributed by atoms with Crippen molar-refractivity contribution in [2.75, 3.05) is 6.54 Å².